The fraction of sp³-hybridized carbons (Fsp3) is 0.389. The number of thiazole rings is 1. The average molecular weight is 375 g/mol. The van der Waals surface area contributed by atoms with Crippen LogP contribution in [-0.4, -0.2) is 37.6 Å². The monoisotopic (exact) mass is 375 g/mol. The molecule has 0 unspecified atom stereocenters. The molecule has 0 saturated heterocycles. The molecule has 0 bridgehead atoms. The Bertz CT molecular complexity index is 736. The summed E-state index contributed by atoms with van der Waals surface area (Å²) in [6.45, 7) is 5.23. The lowest BCUT2D eigenvalue weighted by Crippen LogP contribution is -2.42. The van der Waals surface area contributed by atoms with Gasteiger partial charge in [-0.25, -0.2) is 4.98 Å². The third-order valence-electron chi connectivity index (χ3n) is 3.77. The standard InChI is InChI=1S/C18H25N5O2S/c1-12-13(2)26-17(23-12)11-22-18(19-3)21-10-16(24)20-9-14-5-7-15(25-4)8-6-14/h5-8H,9-11H2,1-4H3,(H,20,24)(H2,19,21,22). The number of amides is 1. The van der Waals surface area contributed by atoms with Gasteiger partial charge in [-0.15, -0.1) is 11.3 Å². The van der Waals surface area contributed by atoms with Crippen LogP contribution in [0.1, 0.15) is 21.1 Å². The lowest BCUT2D eigenvalue weighted by atomic mass is 10.2. The van der Waals surface area contributed by atoms with Gasteiger partial charge in [-0.05, 0) is 31.5 Å². The van der Waals surface area contributed by atoms with Crippen LogP contribution in [-0.2, 0) is 17.9 Å². The fourth-order valence-electron chi connectivity index (χ4n) is 2.17. The lowest BCUT2D eigenvalue weighted by molar-refractivity contribution is -0.120. The van der Waals surface area contributed by atoms with Crippen LogP contribution < -0.4 is 20.7 Å². The number of methoxy groups -OCH3 is 1. The zero-order chi connectivity index (χ0) is 18.9. The number of nitrogens with zero attached hydrogens (tertiary/aromatic N) is 2. The Kier molecular flexibility index (Phi) is 7.40. The first kappa shape index (κ1) is 19.7. The van der Waals surface area contributed by atoms with Gasteiger partial charge < -0.3 is 20.7 Å². The summed E-state index contributed by atoms with van der Waals surface area (Å²) in [5, 5.41) is 10.0. The molecule has 1 aromatic carbocycles. The van der Waals surface area contributed by atoms with Crippen molar-refractivity contribution >= 4 is 23.2 Å². The number of hydrogen-bond acceptors (Lipinski definition) is 5. The van der Waals surface area contributed by atoms with E-state index in [0.717, 1.165) is 22.0 Å². The van der Waals surface area contributed by atoms with Crippen LogP contribution in [0, 0.1) is 13.8 Å². The molecule has 1 aromatic heterocycles. The third kappa shape index (κ3) is 6.03. The summed E-state index contributed by atoms with van der Waals surface area (Å²) in [6, 6.07) is 7.58. The molecule has 0 aliphatic heterocycles. The highest BCUT2D eigenvalue weighted by molar-refractivity contribution is 7.11. The summed E-state index contributed by atoms with van der Waals surface area (Å²) >= 11 is 1.65. The van der Waals surface area contributed by atoms with E-state index >= 15 is 0 Å². The van der Waals surface area contributed by atoms with Gasteiger partial charge in [-0.2, -0.15) is 0 Å². The summed E-state index contributed by atoms with van der Waals surface area (Å²) < 4.78 is 5.11. The topological polar surface area (TPSA) is 87.6 Å². The number of aryl methyl sites for hydroxylation is 2. The Morgan fingerprint density at radius 2 is 1.88 bits per heavy atom. The SMILES string of the molecule is CN=C(NCC(=O)NCc1ccc(OC)cc1)NCc1nc(C)c(C)s1. The molecule has 1 amide bonds. The number of ether oxygens (including phenoxy) is 1. The first-order valence-electron chi connectivity index (χ1n) is 8.29. The van der Waals surface area contributed by atoms with Crippen LogP contribution in [0.4, 0.5) is 0 Å². The van der Waals surface area contributed by atoms with Crippen molar-refractivity contribution in [2.45, 2.75) is 26.9 Å². The van der Waals surface area contributed by atoms with Crippen LogP contribution in [0.15, 0.2) is 29.3 Å². The Morgan fingerprint density at radius 1 is 1.15 bits per heavy atom. The van der Waals surface area contributed by atoms with Crippen molar-refractivity contribution in [3.05, 3.63) is 45.4 Å². The second-order valence-corrected chi connectivity index (χ2v) is 6.94. The molecule has 7 nitrogen and oxygen atoms in total. The van der Waals surface area contributed by atoms with Crippen LogP contribution in [0.25, 0.3) is 0 Å². The van der Waals surface area contributed by atoms with Gasteiger partial charge in [0.15, 0.2) is 5.96 Å². The van der Waals surface area contributed by atoms with E-state index in [0.29, 0.717) is 19.0 Å². The van der Waals surface area contributed by atoms with Crippen LogP contribution in [0.3, 0.4) is 0 Å². The van der Waals surface area contributed by atoms with E-state index in [1.54, 1.807) is 25.5 Å². The summed E-state index contributed by atoms with van der Waals surface area (Å²) in [5.41, 5.74) is 2.06. The quantitative estimate of drug-likeness (QED) is 0.507. The minimum Gasteiger partial charge on any atom is -0.497 e. The van der Waals surface area contributed by atoms with Crippen molar-refractivity contribution < 1.29 is 9.53 Å². The zero-order valence-electron chi connectivity index (χ0n) is 15.5. The minimum atomic E-state index is -0.107. The van der Waals surface area contributed by atoms with Gasteiger partial charge in [0.05, 0.1) is 25.9 Å². The lowest BCUT2D eigenvalue weighted by Gasteiger charge is -2.11. The van der Waals surface area contributed by atoms with E-state index in [4.69, 9.17) is 4.74 Å². The van der Waals surface area contributed by atoms with Crippen LogP contribution >= 0.6 is 11.3 Å². The molecule has 140 valence electrons. The van der Waals surface area contributed by atoms with E-state index in [1.807, 2.05) is 31.2 Å². The third-order valence-corrected chi connectivity index (χ3v) is 4.84. The predicted octanol–water partition coefficient (Wildman–Crippen LogP) is 1.75. The molecule has 3 N–H and O–H groups in total. The van der Waals surface area contributed by atoms with Gasteiger partial charge in [0.25, 0.3) is 0 Å². The zero-order valence-corrected chi connectivity index (χ0v) is 16.4. The highest BCUT2D eigenvalue weighted by Gasteiger charge is 2.06. The highest BCUT2D eigenvalue weighted by atomic mass is 32.1. The molecule has 26 heavy (non-hydrogen) atoms. The number of rotatable bonds is 7. The molecular formula is C18H25N5O2S. The maximum atomic E-state index is 12.0. The second kappa shape index (κ2) is 9.76. The summed E-state index contributed by atoms with van der Waals surface area (Å²) in [5.74, 6) is 1.25. The van der Waals surface area contributed by atoms with Crippen molar-refractivity contribution in [3.8, 4) is 5.75 Å². The number of benzene rings is 1. The van der Waals surface area contributed by atoms with E-state index in [1.165, 1.54) is 4.88 Å². The maximum absolute atomic E-state index is 12.0. The molecule has 1 heterocycles. The predicted molar refractivity (Wildman–Crippen MR) is 105 cm³/mol. The molecule has 0 saturated carbocycles. The number of guanidine groups is 1. The van der Waals surface area contributed by atoms with Crippen molar-refractivity contribution in [1.29, 1.82) is 0 Å². The van der Waals surface area contributed by atoms with Crippen molar-refractivity contribution in [2.75, 3.05) is 20.7 Å². The van der Waals surface area contributed by atoms with E-state index in [2.05, 4.69) is 32.9 Å². The minimum absolute atomic E-state index is 0.107. The Morgan fingerprint density at radius 3 is 2.46 bits per heavy atom. The van der Waals surface area contributed by atoms with Crippen LogP contribution in [0.2, 0.25) is 0 Å². The smallest absolute Gasteiger partial charge is 0.239 e. The number of aliphatic imine (C=N–C) groups is 1. The molecule has 2 rings (SSSR count). The van der Waals surface area contributed by atoms with Gasteiger partial charge >= 0.3 is 0 Å². The van der Waals surface area contributed by atoms with E-state index in [-0.39, 0.29) is 12.5 Å². The highest BCUT2D eigenvalue weighted by Crippen LogP contribution is 2.15. The van der Waals surface area contributed by atoms with Crippen molar-refractivity contribution in [2.24, 2.45) is 4.99 Å². The Hall–Kier alpha value is -2.61. The normalized spacial score (nSPS) is 11.2. The molecule has 0 spiro atoms. The molecular weight excluding hydrogens is 350 g/mol. The van der Waals surface area contributed by atoms with Gasteiger partial charge in [-0.1, -0.05) is 12.1 Å². The van der Waals surface area contributed by atoms with Crippen LogP contribution in [0.5, 0.6) is 5.75 Å². The van der Waals surface area contributed by atoms with E-state index in [9.17, 15) is 4.79 Å². The Labute approximate surface area is 157 Å². The number of nitrogens with one attached hydrogen (secondary N) is 3. The van der Waals surface area contributed by atoms with Crippen molar-refractivity contribution in [1.82, 2.24) is 20.9 Å². The number of carbonyl (C=O) groups excluding carboxylic acids is 1. The fourth-order valence-corrected chi connectivity index (χ4v) is 3.04. The first-order chi connectivity index (χ1) is 12.5. The summed E-state index contributed by atoms with van der Waals surface area (Å²) in [6.07, 6.45) is 0. The number of aromatic nitrogens is 1. The van der Waals surface area contributed by atoms with E-state index < -0.39 is 0 Å². The molecule has 0 radical (unpaired) electrons. The summed E-state index contributed by atoms with van der Waals surface area (Å²) in [4.78, 5) is 21.8. The second-order valence-electron chi connectivity index (χ2n) is 5.65. The first-order valence-corrected chi connectivity index (χ1v) is 9.10. The number of hydrogen-bond donors (Lipinski definition) is 3. The molecule has 0 atom stereocenters. The molecule has 0 fully saturated rings. The van der Waals surface area contributed by atoms with Crippen molar-refractivity contribution in [3.63, 3.8) is 0 Å². The number of carbonyl (C=O) groups is 1. The van der Waals surface area contributed by atoms with Gasteiger partial charge in [-0.3, -0.25) is 9.79 Å². The van der Waals surface area contributed by atoms with Gasteiger partial charge in [0.2, 0.25) is 5.91 Å². The molecule has 8 heteroatoms. The largest absolute Gasteiger partial charge is 0.497 e. The van der Waals surface area contributed by atoms with Gasteiger partial charge in [0.1, 0.15) is 10.8 Å². The Balaban J connectivity index is 1.72. The van der Waals surface area contributed by atoms with Gasteiger partial charge in [0, 0.05) is 18.5 Å². The average Bonchev–Trinajstić information content (AvgIpc) is 2.98. The molecule has 2 aromatic rings. The molecule has 0 aliphatic carbocycles. The summed E-state index contributed by atoms with van der Waals surface area (Å²) in [7, 11) is 3.29. The maximum Gasteiger partial charge on any atom is 0.239 e. The molecule has 0 aliphatic rings.